The van der Waals surface area contributed by atoms with Crippen LogP contribution in [-0.4, -0.2) is 38.3 Å². The molecule has 0 saturated heterocycles. The van der Waals surface area contributed by atoms with Gasteiger partial charge in [-0.25, -0.2) is 9.48 Å². The van der Waals surface area contributed by atoms with E-state index in [1.165, 1.54) is 16.4 Å². The van der Waals surface area contributed by atoms with Gasteiger partial charge in [0.1, 0.15) is 16.4 Å². The van der Waals surface area contributed by atoms with Gasteiger partial charge in [-0.15, -0.1) is 11.8 Å². The van der Waals surface area contributed by atoms with Crippen LogP contribution in [0.2, 0.25) is 0 Å². The summed E-state index contributed by atoms with van der Waals surface area (Å²) in [6, 6.07) is -0.210. The van der Waals surface area contributed by atoms with Crippen molar-refractivity contribution in [2.75, 3.05) is 12.0 Å². The van der Waals surface area contributed by atoms with Crippen molar-refractivity contribution in [3.63, 3.8) is 0 Å². The molecule has 1 aliphatic rings. The van der Waals surface area contributed by atoms with Crippen molar-refractivity contribution in [1.82, 2.24) is 9.78 Å². The highest BCUT2D eigenvalue weighted by molar-refractivity contribution is 7.98. The van der Waals surface area contributed by atoms with Gasteiger partial charge >= 0.3 is 5.97 Å². The van der Waals surface area contributed by atoms with Crippen molar-refractivity contribution in [1.29, 1.82) is 0 Å². The Bertz CT molecular complexity index is 461. The van der Waals surface area contributed by atoms with Crippen molar-refractivity contribution in [2.45, 2.75) is 42.9 Å². The van der Waals surface area contributed by atoms with E-state index in [4.69, 9.17) is 10.8 Å². The number of thioether (sulfide) groups is 1. The molecule has 1 saturated carbocycles. The van der Waals surface area contributed by atoms with E-state index in [1.807, 2.05) is 0 Å². The molecule has 6 nitrogen and oxygen atoms in total. The number of nitrogens with two attached hydrogens (primary N) is 1. The molecule has 1 heterocycles. The number of carboxylic acids is 1. The molecule has 1 fully saturated rings. The van der Waals surface area contributed by atoms with Crippen molar-refractivity contribution in [2.24, 2.45) is 0 Å². The van der Waals surface area contributed by atoms with E-state index in [-0.39, 0.29) is 17.4 Å². The maximum absolute atomic E-state index is 11.2. The molecule has 0 spiro atoms. The second-order valence-electron chi connectivity index (χ2n) is 4.44. The third kappa shape index (κ3) is 2.20. The summed E-state index contributed by atoms with van der Waals surface area (Å²) in [6.07, 6.45) is 4.73. The first kappa shape index (κ1) is 13.2. The minimum atomic E-state index is -1.08. The van der Waals surface area contributed by atoms with Crippen LogP contribution in [0, 0.1) is 0 Å². The highest BCUT2D eigenvalue weighted by Crippen LogP contribution is 2.34. The Labute approximate surface area is 109 Å². The summed E-state index contributed by atoms with van der Waals surface area (Å²) in [7, 11) is 0. The van der Waals surface area contributed by atoms with Gasteiger partial charge < -0.3 is 15.9 Å². The molecule has 18 heavy (non-hydrogen) atoms. The Balaban J connectivity index is 2.41. The maximum Gasteiger partial charge on any atom is 0.342 e. The van der Waals surface area contributed by atoms with Crippen LogP contribution < -0.4 is 5.73 Å². The van der Waals surface area contributed by atoms with Crippen molar-refractivity contribution < 1.29 is 15.0 Å². The summed E-state index contributed by atoms with van der Waals surface area (Å²) in [6.45, 7) is 0. The Hall–Kier alpha value is -1.21. The van der Waals surface area contributed by atoms with Crippen molar-refractivity contribution in [3.05, 3.63) is 5.56 Å². The zero-order valence-electron chi connectivity index (χ0n) is 10.2. The van der Waals surface area contributed by atoms with E-state index in [1.54, 1.807) is 6.26 Å². The third-order valence-electron chi connectivity index (χ3n) is 3.33. The normalized spacial score (nSPS) is 24.1. The highest BCUT2D eigenvalue weighted by Gasteiger charge is 2.30. The molecular weight excluding hydrogens is 254 g/mol. The van der Waals surface area contributed by atoms with E-state index in [9.17, 15) is 9.90 Å². The molecular formula is C11H17N3O3S. The first-order chi connectivity index (χ1) is 8.56. The van der Waals surface area contributed by atoms with Gasteiger partial charge in [0.05, 0.1) is 12.1 Å². The lowest BCUT2D eigenvalue weighted by atomic mass is 9.93. The van der Waals surface area contributed by atoms with Crippen molar-refractivity contribution >= 4 is 23.5 Å². The average Bonchev–Trinajstić information content (AvgIpc) is 2.67. The van der Waals surface area contributed by atoms with E-state index < -0.39 is 12.1 Å². The molecule has 2 atom stereocenters. The number of carboxylic acid groups (broad SMARTS) is 1. The first-order valence-electron chi connectivity index (χ1n) is 5.89. The van der Waals surface area contributed by atoms with E-state index in [0.717, 1.165) is 19.3 Å². The molecule has 1 aromatic rings. The summed E-state index contributed by atoms with van der Waals surface area (Å²) in [4.78, 5) is 11.2. The molecule has 0 aromatic carbocycles. The Morgan fingerprint density at radius 3 is 2.67 bits per heavy atom. The lowest BCUT2D eigenvalue weighted by molar-refractivity contribution is 0.0682. The number of aromatic nitrogens is 2. The number of nitrogen functional groups attached to an aromatic ring is 1. The average molecular weight is 271 g/mol. The van der Waals surface area contributed by atoms with E-state index in [0.29, 0.717) is 11.4 Å². The fourth-order valence-electron chi connectivity index (χ4n) is 2.40. The monoisotopic (exact) mass is 271 g/mol. The lowest BCUT2D eigenvalue weighted by Crippen LogP contribution is -2.29. The van der Waals surface area contributed by atoms with Gasteiger partial charge in [-0.3, -0.25) is 0 Å². The fraction of sp³-hybridized carbons (Fsp3) is 0.636. The van der Waals surface area contributed by atoms with Crippen molar-refractivity contribution in [3.8, 4) is 0 Å². The molecule has 100 valence electrons. The number of aliphatic hydroxyl groups excluding tert-OH is 1. The van der Waals surface area contributed by atoms with Gasteiger partial charge in [0.2, 0.25) is 0 Å². The van der Waals surface area contributed by atoms with Crippen LogP contribution >= 0.6 is 11.8 Å². The topological polar surface area (TPSA) is 101 Å². The van der Waals surface area contributed by atoms with Gasteiger partial charge in [-0.1, -0.05) is 12.8 Å². The van der Waals surface area contributed by atoms with Gasteiger partial charge in [0.15, 0.2) is 0 Å². The smallest absolute Gasteiger partial charge is 0.342 e. The molecule has 4 N–H and O–H groups in total. The van der Waals surface area contributed by atoms with Gasteiger partial charge in [0, 0.05) is 0 Å². The number of carbonyl (C=O) groups is 1. The molecule has 1 aliphatic carbocycles. The molecule has 2 rings (SSSR count). The second-order valence-corrected chi connectivity index (χ2v) is 5.23. The molecule has 1 aromatic heterocycles. The minimum absolute atomic E-state index is 0.0419. The summed E-state index contributed by atoms with van der Waals surface area (Å²) in [5, 5.41) is 23.8. The fourth-order valence-corrected chi connectivity index (χ4v) is 2.97. The number of nitrogens with zero attached hydrogens (tertiary/aromatic N) is 2. The van der Waals surface area contributed by atoms with Gasteiger partial charge in [0.25, 0.3) is 0 Å². The summed E-state index contributed by atoms with van der Waals surface area (Å²) >= 11 is 1.25. The predicted octanol–water partition coefficient (Wildman–Crippen LogP) is 1.36. The second kappa shape index (κ2) is 5.19. The first-order valence-corrected chi connectivity index (χ1v) is 7.12. The predicted molar refractivity (Wildman–Crippen MR) is 68.9 cm³/mol. The van der Waals surface area contributed by atoms with E-state index in [2.05, 4.69) is 5.10 Å². The quantitative estimate of drug-likeness (QED) is 0.717. The Morgan fingerprint density at radius 2 is 2.17 bits per heavy atom. The summed E-state index contributed by atoms with van der Waals surface area (Å²) in [5.74, 6) is -0.939. The Morgan fingerprint density at radius 1 is 1.50 bits per heavy atom. The van der Waals surface area contributed by atoms with Crippen LogP contribution in [0.5, 0.6) is 0 Å². The third-order valence-corrected chi connectivity index (χ3v) is 4.00. The SMILES string of the molecule is CSc1nn(C2CCCCC2O)c(N)c1C(=O)O. The van der Waals surface area contributed by atoms with Gasteiger partial charge in [-0.2, -0.15) is 5.10 Å². The number of aromatic carboxylic acids is 1. The molecule has 0 aliphatic heterocycles. The highest BCUT2D eigenvalue weighted by atomic mass is 32.2. The molecule has 7 heteroatoms. The maximum atomic E-state index is 11.2. The lowest BCUT2D eigenvalue weighted by Gasteiger charge is -2.28. The summed E-state index contributed by atoms with van der Waals surface area (Å²) in [5.41, 5.74) is 5.91. The summed E-state index contributed by atoms with van der Waals surface area (Å²) < 4.78 is 1.49. The van der Waals surface area contributed by atoms with Crippen LogP contribution in [0.1, 0.15) is 42.1 Å². The number of rotatable bonds is 3. The minimum Gasteiger partial charge on any atom is -0.477 e. The number of hydrogen-bond donors (Lipinski definition) is 3. The number of anilines is 1. The van der Waals surface area contributed by atoms with Crippen LogP contribution in [0.25, 0.3) is 0 Å². The van der Waals surface area contributed by atoms with Crippen LogP contribution in [0.4, 0.5) is 5.82 Å². The zero-order chi connectivity index (χ0) is 13.3. The zero-order valence-corrected chi connectivity index (χ0v) is 11.0. The largest absolute Gasteiger partial charge is 0.477 e. The van der Waals surface area contributed by atoms with Crippen LogP contribution in [0.3, 0.4) is 0 Å². The molecule has 0 bridgehead atoms. The molecule has 2 unspecified atom stereocenters. The number of hydrogen-bond acceptors (Lipinski definition) is 5. The van der Waals surface area contributed by atoms with E-state index >= 15 is 0 Å². The molecule has 0 radical (unpaired) electrons. The van der Waals surface area contributed by atoms with Gasteiger partial charge in [-0.05, 0) is 19.1 Å². The molecule has 0 amide bonds. The van der Waals surface area contributed by atoms with Crippen LogP contribution in [-0.2, 0) is 0 Å². The number of aliphatic hydroxyl groups is 1. The Kier molecular flexibility index (Phi) is 3.82. The van der Waals surface area contributed by atoms with Crippen LogP contribution in [0.15, 0.2) is 5.03 Å². The standard InChI is InChI=1S/C11H17N3O3S/c1-18-10-8(11(16)17)9(12)14(13-10)6-4-2-3-5-7(6)15/h6-7,15H,2-5,12H2,1H3,(H,16,17).